The third kappa shape index (κ3) is 2.62. The van der Waals surface area contributed by atoms with Crippen molar-refractivity contribution in [3.63, 3.8) is 0 Å². The van der Waals surface area contributed by atoms with Crippen LogP contribution in [-0.2, 0) is 11.0 Å². The van der Waals surface area contributed by atoms with Gasteiger partial charge in [0.1, 0.15) is 22.4 Å². The van der Waals surface area contributed by atoms with Gasteiger partial charge in [0.25, 0.3) is 0 Å². The van der Waals surface area contributed by atoms with E-state index in [0.717, 1.165) is 43.0 Å². The lowest BCUT2D eigenvalue weighted by Gasteiger charge is -2.33. The Hall–Kier alpha value is -1.27. The summed E-state index contributed by atoms with van der Waals surface area (Å²) in [6.45, 7) is 7.56. The fourth-order valence-electron chi connectivity index (χ4n) is 2.68. The lowest BCUT2D eigenvalue weighted by atomic mass is 9.86. The number of ether oxygens (including phenoxy) is 1. The van der Waals surface area contributed by atoms with Crippen LogP contribution in [0.3, 0.4) is 0 Å². The zero-order valence-electron chi connectivity index (χ0n) is 12.7. The zero-order valence-corrected chi connectivity index (χ0v) is 13.5. The summed E-state index contributed by atoms with van der Waals surface area (Å²) in [5.74, 6) is 0.754. The fourth-order valence-corrected chi connectivity index (χ4v) is 3.39. The van der Waals surface area contributed by atoms with E-state index >= 15 is 0 Å². The predicted molar refractivity (Wildman–Crippen MR) is 84.1 cm³/mol. The highest BCUT2D eigenvalue weighted by Crippen LogP contribution is 2.40. The molecule has 0 aromatic carbocycles. The van der Waals surface area contributed by atoms with Gasteiger partial charge >= 0.3 is 0 Å². The molecule has 0 amide bonds. The van der Waals surface area contributed by atoms with Crippen LogP contribution in [-0.4, -0.2) is 38.3 Å². The van der Waals surface area contributed by atoms with E-state index in [1.807, 2.05) is 26.8 Å². The fraction of sp³-hybridized carbons (Fsp3) is 0.600. The third-order valence-corrected chi connectivity index (χ3v) is 5.28. The number of hydrogen-bond donors (Lipinski definition) is 1. The molecule has 2 aliphatic heterocycles. The second-order valence-electron chi connectivity index (χ2n) is 6.52. The quantitative estimate of drug-likeness (QED) is 0.860. The molecule has 0 bridgehead atoms. The first-order valence-electron chi connectivity index (χ1n) is 7.28. The summed E-state index contributed by atoms with van der Waals surface area (Å²) in [6.07, 6.45) is 5.13. The summed E-state index contributed by atoms with van der Waals surface area (Å²) in [7, 11) is -1.29. The second-order valence-corrected chi connectivity index (χ2v) is 8.43. The standard InChI is InChI=1S/C15H21N3O2S/c1-14(2,3)21(19)18-13-11-4-7-17-10-12(11)20-15(13)5-8-16-9-6-15/h4,7,10,16H,5-6,8-9H2,1-3H3/t21-/m0/s1. The molecule has 5 nitrogen and oxygen atoms in total. The van der Waals surface area contributed by atoms with E-state index in [-0.39, 0.29) is 4.75 Å². The molecule has 0 aliphatic carbocycles. The van der Waals surface area contributed by atoms with Gasteiger partial charge in [0.2, 0.25) is 0 Å². The highest BCUT2D eigenvalue weighted by molar-refractivity contribution is 7.85. The SMILES string of the molecule is CC(C)(C)[S@](=O)N=C1c2ccncc2OC12CCNCC2. The van der Waals surface area contributed by atoms with E-state index in [0.29, 0.717) is 0 Å². The number of nitrogens with zero attached hydrogens (tertiary/aromatic N) is 2. The van der Waals surface area contributed by atoms with Crippen molar-refractivity contribution in [2.24, 2.45) is 4.40 Å². The summed E-state index contributed by atoms with van der Waals surface area (Å²) in [5.41, 5.74) is 1.32. The van der Waals surface area contributed by atoms with Crippen LogP contribution in [0, 0.1) is 0 Å². The van der Waals surface area contributed by atoms with Gasteiger partial charge in [0, 0.05) is 24.6 Å². The Labute approximate surface area is 127 Å². The molecule has 2 aliphatic rings. The summed E-state index contributed by atoms with van der Waals surface area (Å²) in [6, 6.07) is 1.91. The maximum Gasteiger partial charge on any atom is 0.155 e. The largest absolute Gasteiger partial charge is 0.478 e. The van der Waals surface area contributed by atoms with Gasteiger partial charge in [-0.05, 0) is 39.9 Å². The molecule has 1 saturated heterocycles. The maximum atomic E-state index is 12.5. The van der Waals surface area contributed by atoms with Crippen molar-refractivity contribution in [1.82, 2.24) is 10.3 Å². The van der Waals surface area contributed by atoms with Gasteiger partial charge in [-0.15, -0.1) is 0 Å². The van der Waals surface area contributed by atoms with Gasteiger partial charge in [-0.1, -0.05) is 0 Å². The smallest absolute Gasteiger partial charge is 0.155 e. The van der Waals surface area contributed by atoms with Crippen LogP contribution in [0.4, 0.5) is 0 Å². The molecule has 1 aromatic rings. The number of rotatable bonds is 1. The molecule has 1 atom stereocenters. The van der Waals surface area contributed by atoms with Crippen molar-refractivity contribution < 1.29 is 8.95 Å². The Kier molecular flexibility index (Phi) is 3.61. The van der Waals surface area contributed by atoms with Crippen LogP contribution in [0.2, 0.25) is 0 Å². The van der Waals surface area contributed by atoms with Crippen LogP contribution in [0.1, 0.15) is 39.2 Å². The number of fused-ring (bicyclic) bond motifs is 1. The van der Waals surface area contributed by atoms with Crippen molar-refractivity contribution in [1.29, 1.82) is 0 Å². The predicted octanol–water partition coefficient (Wildman–Crippen LogP) is 1.85. The molecule has 3 heterocycles. The summed E-state index contributed by atoms with van der Waals surface area (Å²) in [4.78, 5) is 4.13. The van der Waals surface area contributed by atoms with Gasteiger partial charge in [-0.25, -0.2) is 4.21 Å². The van der Waals surface area contributed by atoms with Crippen molar-refractivity contribution in [2.75, 3.05) is 13.1 Å². The molecule has 1 N–H and O–H groups in total. The average Bonchev–Trinajstić information content (AvgIpc) is 2.72. The first kappa shape index (κ1) is 14.7. The summed E-state index contributed by atoms with van der Waals surface area (Å²) < 4.78 is 22.9. The zero-order chi connectivity index (χ0) is 15.1. The van der Waals surface area contributed by atoms with E-state index in [9.17, 15) is 4.21 Å². The van der Waals surface area contributed by atoms with Crippen LogP contribution >= 0.6 is 0 Å². The number of pyridine rings is 1. The van der Waals surface area contributed by atoms with Crippen molar-refractivity contribution in [3.05, 3.63) is 24.0 Å². The minimum Gasteiger partial charge on any atom is -0.478 e. The van der Waals surface area contributed by atoms with Crippen LogP contribution < -0.4 is 10.1 Å². The minimum atomic E-state index is -1.29. The molecule has 0 saturated carbocycles. The van der Waals surface area contributed by atoms with E-state index in [1.165, 1.54) is 0 Å². The number of nitrogens with one attached hydrogen (secondary N) is 1. The first-order valence-corrected chi connectivity index (χ1v) is 8.38. The molecule has 3 rings (SSSR count). The Morgan fingerprint density at radius 2 is 2.10 bits per heavy atom. The Balaban J connectivity index is 2.07. The summed E-state index contributed by atoms with van der Waals surface area (Å²) in [5, 5.41) is 3.34. The second kappa shape index (κ2) is 5.18. The highest BCUT2D eigenvalue weighted by Gasteiger charge is 2.47. The average molecular weight is 307 g/mol. The van der Waals surface area contributed by atoms with E-state index in [1.54, 1.807) is 12.4 Å². The molecule has 6 heteroatoms. The lowest BCUT2D eigenvalue weighted by molar-refractivity contribution is 0.116. The summed E-state index contributed by atoms with van der Waals surface area (Å²) >= 11 is 0. The molecule has 1 aromatic heterocycles. The van der Waals surface area contributed by atoms with Crippen LogP contribution in [0.25, 0.3) is 0 Å². The maximum absolute atomic E-state index is 12.5. The Bertz CT molecular complexity index is 601. The third-order valence-electron chi connectivity index (χ3n) is 3.89. The molecule has 21 heavy (non-hydrogen) atoms. The van der Waals surface area contributed by atoms with Gasteiger partial charge in [0.05, 0.1) is 10.9 Å². The van der Waals surface area contributed by atoms with E-state index in [2.05, 4.69) is 14.7 Å². The minimum absolute atomic E-state index is 0.378. The molecule has 114 valence electrons. The lowest BCUT2D eigenvalue weighted by Crippen LogP contribution is -2.49. The topological polar surface area (TPSA) is 63.6 Å². The van der Waals surface area contributed by atoms with Crippen molar-refractivity contribution in [2.45, 2.75) is 44.0 Å². The molecule has 1 fully saturated rings. The molecule has 0 radical (unpaired) electrons. The van der Waals surface area contributed by atoms with Crippen molar-refractivity contribution >= 4 is 16.7 Å². The first-order chi connectivity index (χ1) is 9.92. The van der Waals surface area contributed by atoms with Gasteiger partial charge in [-0.3, -0.25) is 4.98 Å². The normalized spacial score (nSPS) is 23.9. The molecular formula is C15H21N3O2S. The Morgan fingerprint density at radius 3 is 2.76 bits per heavy atom. The number of hydrogen-bond acceptors (Lipinski definition) is 4. The van der Waals surface area contributed by atoms with E-state index < -0.39 is 16.6 Å². The van der Waals surface area contributed by atoms with E-state index in [4.69, 9.17) is 4.74 Å². The highest BCUT2D eigenvalue weighted by atomic mass is 32.2. The van der Waals surface area contributed by atoms with Crippen LogP contribution in [0.15, 0.2) is 22.9 Å². The van der Waals surface area contributed by atoms with Gasteiger partial charge in [-0.2, -0.15) is 4.40 Å². The monoisotopic (exact) mass is 307 g/mol. The Morgan fingerprint density at radius 1 is 1.38 bits per heavy atom. The molecule has 1 spiro atoms. The molecular weight excluding hydrogens is 286 g/mol. The number of piperidine rings is 1. The van der Waals surface area contributed by atoms with Crippen LogP contribution in [0.5, 0.6) is 5.75 Å². The van der Waals surface area contributed by atoms with Gasteiger partial charge < -0.3 is 10.1 Å². The van der Waals surface area contributed by atoms with Gasteiger partial charge in [0.15, 0.2) is 5.60 Å². The molecule has 0 unspecified atom stereocenters. The number of aromatic nitrogens is 1. The van der Waals surface area contributed by atoms with Crippen molar-refractivity contribution in [3.8, 4) is 5.75 Å².